The van der Waals surface area contributed by atoms with Gasteiger partial charge < -0.3 is 14.2 Å². The Balaban J connectivity index is 1.60. The molecule has 0 N–H and O–H groups in total. The van der Waals surface area contributed by atoms with Gasteiger partial charge in [0.05, 0.1) is 54.3 Å². The number of fused-ring (bicyclic) bond motifs is 2. The molecule has 1 fully saturated rings. The van der Waals surface area contributed by atoms with E-state index in [1.807, 2.05) is 6.92 Å². The molecular formula is C24H20ClFN6O3S. The van der Waals surface area contributed by atoms with Gasteiger partial charge in [0.25, 0.3) is 5.91 Å². The number of imide groups is 1. The van der Waals surface area contributed by atoms with Crippen LogP contribution in [0.4, 0.5) is 14.9 Å². The summed E-state index contributed by atoms with van der Waals surface area (Å²) in [6, 6.07) is 3.53. The van der Waals surface area contributed by atoms with Gasteiger partial charge in [-0.2, -0.15) is 5.26 Å². The molecule has 0 saturated carbocycles. The average Bonchev–Trinajstić information content (AvgIpc) is 3.41. The number of hydrogen-bond donors (Lipinski definition) is 0. The molecule has 2 aliphatic rings. The first-order valence-electron chi connectivity index (χ1n) is 11.0. The number of carbonyl (C=O) groups excluding carboxylic acids is 2. The SMILES string of the molecule is COc1cc(C2=CC3C(S2)C(=O)N(c2cncc4nc(C)n(C)c24)C(=O)N3CCC#N)c(Cl)cc1F. The Kier molecular flexibility index (Phi) is 6.10. The number of nitrogens with zero attached hydrogens (tertiary/aromatic N) is 6. The van der Waals surface area contributed by atoms with E-state index in [0.717, 1.165) is 11.0 Å². The van der Waals surface area contributed by atoms with Crippen LogP contribution < -0.4 is 9.64 Å². The number of urea groups is 1. The second kappa shape index (κ2) is 9.11. The Hall–Kier alpha value is -3.62. The second-order valence-electron chi connectivity index (χ2n) is 8.33. The van der Waals surface area contributed by atoms with Gasteiger partial charge in [-0.1, -0.05) is 11.6 Å². The minimum Gasteiger partial charge on any atom is -0.494 e. The molecule has 36 heavy (non-hydrogen) atoms. The van der Waals surface area contributed by atoms with Crippen LogP contribution in [0, 0.1) is 24.1 Å². The van der Waals surface area contributed by atoms with Crippen LogP contribution in [0.15, 0.2) is 30.6 Å². The fourth-order valence-electron chi connectivity index (χ4n) is 4.51. The van der Waals surface area contributed by atoms with E-state index in [2.05, 4.69) is 16.0 Å². The standard InChI is InChI=1S/C24H20ClFN6O3S/c1-12-29-16-10-28-11-18(21(16)30(12)2)32-23(33)22-17(31(24(32)34)6-4-5-27)9-20(36-22)13-7-19(35-3)15(26)8-14(13)25/h7-11,17,22H,4,6H2,1-3H3. The molecule has 1 saturated heterocycles. The van der Waals surface area contributed by atoms with Crippen LogP contribution in [-0.4, -0.2) is 56.3 Å². The lowest BCUT2D eigenvalue weighted by Gasteiger charge is -2.40. The smallest absolute Gasteiger partial charge is 0.332 e. The number of nitriles is 1. The number of amides is 3. The van der Waals surface area contributed by atoms with Crippen molar-refractivity contribution in [2.45, 2.75) is 24.6 Å². The maximum atomic E-state index is 14.1. The summed E-state index contributed by atoms with van der Waals surface area (Å²) in [5.41, 5.74) is 1.97. The Morgan fingerprint density at radius 1 is 1.31 bits per heavy atom. The highest BCUT2D eigenvalue weighted by Gasteiger charge is 2.50. The summed E-state index contributed by atoms with van der Waals surface area (Å²) >= 11 is 7.58. The number of methoxy groups -OCH3 is 1. The monoisotopic (exact) mass is 526 g/mol. The van der Waals surface area contributed by atoms with Gasteiger partial charge >= 0.3 is 6.03 Å². The first-order chi connectivity index (χ1) is 17.3. The van der Waals surface area contributed by atoms with E-state index in [-0.39, 0.29) is 23.7 Å². The van der Waals surface area contributed by atoms with E-state index in [1.54, 1.807) is 23.9 Å². The van der Waals surface area contributed by atoms with Crippen molar-refractivity contribution in [2.24, 2.45) is 7.05 Å². The molecule has 0 bridgehead atoms. The van der Waals surface area contributed by atoms with Gasteiger partial charge in [-0.3, -0.25) is 9.78 Å². The van der Waals surface area contributed by atoms with Gasteiger partial charge in [0, 0.05) is 24.1 Å². The second-order valence-corrected chi connectivity index (χ2v) is 9.92. The number of pyridine rings is 1. The minimum atomic E-state index is -0.701. The van der Waals surface area contributed by atoms with E-state index in [1.165, 1.54) is 36.0 Å². The highest BCUT2D eigenvalue weighted by Crippen LogP contribution is 2.48. The minimum absolute atomic E-state index is 0.0143. The van der Waals surface area contributed by atoms with Crippen molar-refractivity contribution >= 4 is 56.9 Å². The number of anilines is 1. The summed E-state index contributed by atoms with van der Waals surface area (Å²) < 4.78 is 21.0. The molecule has 2 aliphatic heterocycles. The Morgan fingerprint density at radius 2 is 2.08 bits per heavy atom. The van der Waals surface area contributed by atoms with Crippen LogP contribution in [0.1, 0.15) is 17.8 Å². The van der Waals surface area contributed by atoms with Crippen molar-refractivity contribution in [3.05, 3.63) is 52.8 Å². The topological polar surface area (TPSA) is 104 Å². The predicted molar refractivity (Wildman–Crippen MR) is 134 cm³/mol. The zero-order valence-corrected chi connectivity index (χ0v) is 21.1. The molecule has 3 amide bonds. The van der Waals surface area contributed by atoms with Crippen LogP contribution in [0.2, 0.25) is 5.02 Å². The lowest BCUT2D eigenvalue weighted by molar-refractivity contribution is -0.119. The lowest BCUT2D eigenvalue weighted by Crippen LogP contribution is -2.62. The maximum absolute atomic E-state index is 14.1. The molecular weight excluding hydrogens is 507 g/mol. The molecule has 12 heteroatoms. The number of aromatic nitrogens is 3. The van der Waals surface area contributed by atoms with Gasteiger partial charge in [0.1, 0.15) is 16.6 Å². The first kappa shape index (κ1) is 24.1. The van der Waals surface area contributed by atoms with Gasteiger partial charge in [-0.25, -0.2) is 19.1 Å². The summed E-state index contributed by atoms with van der Waals surface area (Å²) in [6.45, 7) is 1.95. The van der Waals surface area contributed by atoms with Crippen molar-refractivity contribution in [1.29, 1.82) is 5.26 Å². The van der Waals surface area contributed by atoms with Gasteiger partial charge in [0.15, 0.2) is 11.6 Å². The van der Waals surface area contributed by atoms with Crippen LogP contribution in [0.5, 0.6) is 5.75 Å². The highest BCUT2D eigenvalue weighted by molar-refractivity contribution is 8.09. The van der Waals surface area contributed by atoms with Gasteiger partial charge in [-0.05, 0) is 25.1 Å². The van der Waals surface area contributed by atoms with E-state index < -0.39 is 29.0 Å². The number of benzene rings is 1. The third-order valence-corrected chi connectivity index (χ3v) is 8.00. The summed E-state index contributed by atoms with van der Waals surface area (Å²) in [7, 11) is 3.15. The molecule has 2 atom stereocenters. The molecule has 1 aromatic carbocycles. The molecule has 2 unspecified atom stereocenters. The molecule has 3 aromatic rings. The Bertz CT molecular complexity index is 1500. The van der Waals surface area contributed by atoms with Crippen LogP contribution in [0.3, 0.4) is 0 Å². The molecule has 4 heterocycles. The fraction of sp³-hybridized carbons (Fsp3) is 0.292. The third-order valence-electron chi connectivity index (χ3n) is 6.34. The van der Waals surface area contributed by atoms with E-state index >= 15 is 0 Å². The molecule has 5 rings (SSSR count). The number of aryl methyl sites for hydroxylation is 2. The molecule has 0 radical (unpaired) electrons. The molecule has 2 aromatic heterocycles. The van der Waals surface area contributed by atoms with Gasteiger partial charge in [0.2, 0.25) is 0 Å². The largest absolute Gasteiger partial charge is 0.494 e. The van der Waals surface area contributed by atoms with E-state index in [0.29, 0.717) is 33.0 Å². The number of halogens is 2. The fourth-order valence-corrected chi connectivity index (χ4v) is 6.18. The summed E-state index contributed by atoms with van der Waals surface area (Å²) in [5, 5.41) is 8.67. The normalized spacial score (nSPS) is 19.5. The maximum Gasteiger partial charge on any atom is 0.332 e. The first-order valence-corrected chi connectivity index (χ1v) is 12.2. The quantitative estimate of drug-likeness (QED) is 0.488. The average molecular weight is 527 g/mol. The Morgan fingerprint density at radius 3 is 2.81 bits per heavy atom. The number of imidazole rings is 1. The van der Waals surface area contributed by atoms with Gasteiger partial charge in [-0.15, -0.1) is 11.8 Å². The predicted octanol–water partition coefficient (Wildman–Crippen LogP) is 4.29. The van der Waals surface area contributed by atoms with Crippen molar-refractivity contribution < 1.29 is 18.7 Å². The van der Waals surface area contributed by atoms with Crippen molar-refractivity contribution in [3.63, 3.8) is 0 Å². The zero-order valence-electron chi connectivity index (χ0n) is 19.5. The molecule has 184 valence electrons. The third kappa shape index (κ3) is 3.68. The number of carbonyl (C=O) groups is 2. The number of thioether (sulfide) groups is 1. The number of ether oxygens (including phenoxy) is 1. The van der Waals surface area contributed by atoms with Crippen LogP contribution >= 0.6 is 23.4 Å². The zero-order chi connectivity index (χ0) is 25.7. The Labute approximate surface area is 215 Å². The van der Waals surface area contributed by atoms with Crippen LogP contribution in [0.25, 0.3) is 15.9 Å². The summed E-state index contributed by atoms with van der Waals surface area (Å²) in [6.07, 6.45) is 4.90. The number of rotatable bonds is 5. The summed E-state index contributed by atoms with van der Waals surface area (Å²) in [5.74, 6) is -0.310. The molecule has 0 aliphatic carbocycles. The van der Waals surface area contributed by atoms with E-state index in [4.69, 9.17) is 16.3 Å². The molecule has 9 nitrogen and oxygen atoms in total. The van der Waals surface area contributed by atoms with Crippen molar-refractivity contribution in [1.82, 2.24) is 19.4 Å². The van der Waals surface area contributed by atoms with Crippen LogP contribution in [-0.2, 0) is 11.8 Å². The molecule has 0 spiro atoms. The van der Waals surface area contributed by atoms with E-state index in [9.17, 15) is 19.2 Å². The lowest BCUT2D eigenvalue weighted by atomic mass is 10.0. The van der Waals surface area contributed by atoms with Crippen molar-refractivity contribution in [3.8, 4) is 11.8 Å². The van der Waals surface area contributed by atoms with Crippen molar-refractivity contribution in [2.75, 3.05) is 18.6 Å². The highest BCUT2D eigenvalue weighted by atomic mass is 35.5. The summed E-state index contributed by atoms with van der Waals surface area (Å²) in [4.78, 5) is 39.5. The number of hydrogen-bond acceptors (Lipinski definition) is 7.